The number of benzene rings is 2. The van der Waals surface area contributed by atoms with Gasteiger partial charge in [0.15, 0.2) is 0 Å². The maximum absolute atomic E-state index is 13.2. The molecule has 2 saturated carbocycles. The van der Waals surface area contributed by atoms with E-state index in [1.807, 2.05) is 47.4 Å². The van der Waals surface area contributed by atoms with Crippen molar-refractivity contribution in [2.45, 2.75) is 44.3 Å². The molecular weight excluding hydrogens is 412 g/mol. The summed E-state index contributed by atoms with van der Waals surface area (Å²) in [5, 5.41) is 7.96. The van der Waals surface area contributed by atoms with Gasteiger partial charge in [-0.1, -0.05) is 29.8 Å². The summed E-state index contributed by atoms with van der Waals surface area (Å²) in [6, 6.07) is 15.5. The summed E-state index contributed by atoms with van der Waals surface area (Å²) in [5.74, 6) is -0.0658. The summed E-state index contributed by atoms with van der Waals surface area (Å²) in [6.07, 6.45) is 7.50. The predicted octanol–water partition coefficient (Wildman–Crippen LogP) is 4.22. The number of nitrogens with one attached hydrogen (secondary N) is 1. The molecule has 0 radical (unpaired) electrons. The van der Waals surface area contributed by atoms with Gasteiger partial charge in [-0.2, -0.15) is 5.10 Å². The van der Waals surface area contributed by atoms with Crippen LogP contribution in [0.4, 0.5) is 0 Å². The minimum absolute atomic E-state index is 0.0300. The van der Waals surface area contributed by atoms with Gasteiger partial charge in [0.2, 0.25) is 0 Å². The summed E-state index contributed by atoms with van der Waals surface area (Å²) < 4.78 is 1.66. The fraction of sp³-hybridized carbons (Fsp3) is 0.292. The average molecular weight is 435 g/mol. The predicted molar refractivity (Wildman–Crippen MR) is 118 cm³/mol. The second-order valence-corrected chi connectivity index (χ2v) is 8.70. The lowest BCUT2D eigenvalue weighted by Crippen LogP contribution is -2.32. The largest absolute Gasteiger partial charge is 0.349 e. The molecule has 0 unspecified atom stereocenters. The van der Waals surface area contributed by atoms with Crippen LogP contribution in [0, 0.1) is 0 Å². The minimum Gasteiger partial charge on any atom is -0.349 e. The van der Waals surface area contributed by atoms with Crippen molar-refractivity contribution in [3.63, 3.8) is 0 Å². The van der Waals surface area contributed by atoms with Gasteiger partial charge in [-0.3, -0.25) is 9.59 Å². The van der Waals surface area contributed by atoms with Gasteiger partial charge in [0.25, 0.3) is 11.8 Å². The first-order valence-corrected chi connectivity index (χ1v) is 11.0. The summed E-state index contributed by atoms with van der Waals surface area (Å²) in [4.78, 5) is 27.3. The number of hydrogen-bond donors (Lipinski definition) is 1. The lowest BCUT2D eigenvalue weighted by Gasteiger charge is -2.22. The van der Waals surface area contributed by atoms with Crippen molar-refractivity contribution >= 4 is 23.4 Å². The highest BCUT2D eigenvalue weighted by Gasteiger charge is 2.33. The molecule has 1 aromatic heterocycles. The quantitative estimate of drug-likeness (QED) is 0.605. The molecule has 3 aromatic rings. The third-order valence-electron chi connectivity index (χ3n) is 5.63. The first-order chi connectivity index (χ1) is 15.1. The number of aromatic nitrogens is 2. The van der Waals surface area contributed by atoms with Crippen molar-refractivity contribution in [3.05, 3.63) is 82.6 Å². The molecule has 2 amide bonds. The second-order valence-electron chi connectivity index (χ2n) is 8.26. The molecule has 1 heterocycles. The Bertz CT molecular complexity index is 1120. The maximum atomic E-state index is 13.2. The third-order valence-corrected chi connectivity index (χ3v) is 5.87. The van der Waals surface area contributed by atoms with E-state index in [9.17, 15) is 9.59 Å². The van der Waals surface area contributed by atoms with Crippen LogP contribution in [-0.2, 0) is 6.54 Å². The zero-order chi connectivity index (χ0) is 21.4. The molecule has 2 aliphatic carbocycles. The molecule has 0 bridgehead atoms. The number of carbonyl (C=O) groups excluding carboxylic acids is 2. The molecule has 2 fully saturated rings. The number of amides is 2. The molecule has 0 spiro atoms. The molecule has 1 N–H and O–H groups in total. The molecule has 0 atom stereocenters. The monoisotopic (exact) mass is 434 g/mol. The molecule has 2 aliphatic rings. The van der Waals surface area contributed by atoms with Gasteiger partial charge in [0.1, 0.15) is 0 Å². The molecule has 0 saturated heterocycles. The highest BCUT2D eigenvalue weighted by Crippen LogP contribution is 2.30. The van der Waals surface area contributed by atoms with Gasteiger partial charge in [0, 0.05) is 35.4 Å². The highest BCUT2D eigenvalue weighted by atomic mass is 35.5. The summed E-state index contributed by atoms with van der Waals surface area (Å²) in [6.45, 7) is 0.510. The lowest BCUT2D eigenvalue weighted by molar-refractivity contribution is 0.0729. The molecular formula is C24H23ClN4O2. The van der Waals surface area contributed by atoms with Gasteiger partial charge < -0.3 is 10.2 Å². The van der Waals surface area contributed by atoms with Crippen LogP contribution in [0.3, 0.4) is 0 Å². The van der Waals surface area contributed by atoms with Gasteiger partial charge in [-0.25, -0.2) is 4.68 Å². The number of halogens is 1. The summed E-state index contributed by atoms with van der Waals surface area (Å²) >= 11 is 6.07. The van der Waals surface area contributed by atoms with Crippen molar-refractivity contribution in [3.8, 4) is 5.69 Å². The number of carbonyl (C=O) groups is 2. The summed E-state index contributed by atoms with van der Waals surface area (Å²) in [5.41, 5.74) is 3.02. The van der Waals surface area contributed by atoms with Gasteiger partial charge in [0.05, 0.1) is 17.4 Å². The molecule has 31 heavy (non-hydrogen) atoms. The lowest BCUT2D eigenvalue weighted by atomic mass is 10.1. The van der Waals surface area contributed by atoms with Gasteiger partial charge >= 0.3 is 0 Å². The Hall–Kier alpha value is -3.12. The number of hydrogen-bond acceptors (Lipinski definition) is 3. The topological polar surface area (TPSA) is 67.2 Å². The van der Waals surface area contributed by atoms with E-state index in [2.05, 4.69) is 10.4 Å². The van der Waals surface area contributed by atoms with Crippen LogP contribution >= 0.6 is 11.6 Å². The number of nitrogens with zero attached hydrogens (tertiary/aromatic N) is 3. The Labute approximate surface area is 185 Å². The van der Waals surface area contributed by atoms with Crippen LogP contribution in [0.5, 0.6) is 0 Å². The Morgan fingerprint density at radius 3 is 2.52 bits per heavy atom. The van der Waals surface area contributed by atoms with Crippen LogP contribution in [0.15, 0.2) is 60.9 Å². The van der Waals surface area contributed by atoms with E-state index in [1.165, 1.54) is 0 Å². The smallest absolute Gasteiger partial charge is 0.257 e. The van der Waals surface area contributed by atoms with Crippen LogP contribution in [0.25, 0.3) is 5.69 Å². The minimum atomic E-state index is -0.0358. The van der Waals surface area contributed by atoms with Crippen molar-refractivity contribution in [2.24, 2.45) is 0 Å². The Balaban J connectivity index is 1.30. The van der Waals surface area contributed by atoms with Gasteiger partial charge in [-0.05, 0) is 61.6 Å². The van der Waals surface area contributed by atoms with E-state index < -0.39 is 0 Å². The molecule has 7 heteroatoms. The standard InChI is InChI=1S/C24H23ClN4O2/c25-19-2-1-3-22(12-19)29-15-18(13-26-29)24(31)28(21-10-11-21)14-16-4-6-17(7-5-16)23(30)27-20-8-9-20/h1-7,12-13,15,20-21H,8-11,14H2,(H,27,30). The molecule has 158 valence electrons. The van der Waals surface area contributed by atoms with Crippen LogP contribution in [0.1, 0.15) is 52.0 Å². The van der Waals surface area contributed by atoms with E-state index in [4.69, 9.17) is 11.6 Å². The molecule has 2 aromatic carbocycles. The molecule has 6 nitrogen and oxygen atoms in total. The molecule has 0 aliphatic heterocycles. The highest BCUT2D eigenvalue weighted by molar-refractivity contribution is 6.30. The Morgan fingerprint density at radius 1 is 1.06 bits per heavy atom. The SMILES string of the molecule is O=C(NC1CC1)c1ccc(CN(C(=O)c2cnn(-c3cccc(Cl)c3)c2)C2CC2)cc1. The van der Waals surface area contributed by atoms with Crippen LogP contribution < -0.4 is 5.32 Å². The van der Waals surface area contributed by atoms with Crippen molar-refractivity contribution in [1.82, 2.24) is 20.0 Å². The van der Waals surface area contributed by atoms with Crippen molar-refractivity contribution in [2.75, 3.05) is 0 Å². The zero-order valence-corrected chi connectivity index (χ0v) is 17.8. The summed E-state index contributed by atoms with van der Waals surface area (Å²) in [7, 11) is 0. The van der Waals surface area contributed by atoms with E-state index >= 15 is 0 Å². The Morgan fingerprint density at radius 2 is 1.84 bits per heavy atom. The van der Waals surface area contributed by atoms with E-state index in [-0.39, 0.29) is 17.9 Å². The fourth-order valence-electron chi connectivity index (χ4n) is 3.57. The second kappa shape index (κ2) is 8.19. The van der Waals surface area contributed by atoms with E-state index in [0.29, 0.717) is 28.7 Å². The first kappa shape index (κ1) is 19.8. The van der Waals surface area contributed by atoms with E-state index in [0.717, 1.165) is 36.9 Å². The normalized spacial score (nSPS) is 15.5. The third kappa shape index (κ3) is 4.64. The van der Waals surface area contributed by atoms with Gasteiger partial charge in [-0.15, -0.1) is 0 Å². The van der Waals surface area contributed by atoms with Crippen molar-refractivity contribution < 1.29 is 9.59 Å². The molecule has 5 rings (SSSR count). The zero-order valence-electron chi connectivity index (χ0n) is 17.0. The van der Waals surface area contributed by atoms with Crippen molar-refractivity contribution in [1.29, 1.82) is 0 Å². The number of rotatable bonds is 7. The van der Waals surface area contributed by atoms with Crippen LogP contribution in [-0.4, -0.2) is 38.6 Å². The fourth-order valence-corrected chi connectivity index (χ4v) is 3.75. The maximum Gasteiger partial charge on any atom is 0.257 e. The Kier molecular flexibility index (Phi) is 5.24. The van der Waals surface area contributed by atoms with E-state index in [1.54, 1.807) is 23.1 Å². The first-order valence-electron chi connectivity index (χ1n) is 10.6. The van der Waals surface area contributed by atoms with Crippen LogP contribution in [0.2, 0.25) is 5.02 Å². The average Bonchev–Trinajstić information content (AvgIpc) is 3.71.